The van der Waals surface area contributed by atoms with Gasteiger partial charge in [-0.1, -0.05) is 129 Å². The molecule has 54 heavy (non-hydrogen) atoms. The Kier molecular flexibility index (Phi) is 5.84. The van der Waals surface area contributed by atoms with Crippen LogP contribution in [-0.2, 0) is 5.41 Å². The molecule has 0 atom stereocenters. The van der Waals surface area contributed by atoms with Crippen molar-refractivity contribution in [2.75, 3.05) is 0 Å². The largest absolute Gasteiger partial charge is 0.455 e. The summed E-state index contributed by atoms with van der Waals surface area (Å²) in [6.07, 6.45) is 0. The number of hydrogen-bond donors (Lipinski definition) is 0. The molecule has 0 fully saturated rings. The van der Waals surface area contributed by atoms with Crippen LogP contribution in [0.5, 0.6) is 0 Å². The van der Waals surface area contributed by atoms with Crippen LogP contribution in [0.4, 0.5) is 0 Å². The molecule has 0 bridgehead atoms. The van der Waals surface area contributed by atoms with E-state index in [0.717, 1.165) is 49.9 Å². The number of hydrogen-bond acceptors (Lipinski definition) is 2. The quantitative estimate of drug-likeness (QED) is 0.185. The topological polar surface area (TPSA) is 31.2 Å². The molecule has 0 radical (unpaired) electrons. The zero-order valence-electron chi connectivity index (χ0n) is 29.9. The lowest BCUT2D eigenvalue weighted by Crippen LogP contribution is -2.14. The van der Waals surface area contributed by atoms with E-state index in [2.05, 4.69) is 164 Å². The third-order valence-electron chi connectivity index (χ3n) is 12.0. The summed E-state index contributed by atoms with van der Waals surface area (Å²) < 4.78 is 15.3. The SMILES string of the molecule is CC1(C)c2cc(-c3ccc4c(c3)c3ccccc3n4-c3ccc(-c4cccc5c4oc4ccccc45)cc3)ccc2-c2c1ccc1c2oc2ccccc21. The Balaban J connectivity index is 0.966. The van der Waals surface area contributed by atoms with E-state index in [4.69, 9.17) is 8.83 Å². The zero-order valence-corrected chi connectivity index (χ0v) is 29.9. The predicted molar refractivity (Wildman–Crippen MR) is 224 cm³/mol. The Labute approximate surface area is 311 Å². The van der Waals surface area contributed by atoms with E-state index < -0.39 is 0 Å². The second-order valence-corrected chi connectivity index (χ2v) is 15.3. The first-order valence-electron chi connectivity index (χ1n) is 18.7. The highest BCUT2D eigenvalue weighted by atomic mass is 16.3. The molecule has 0 aliphatic heterocycles. The van der Waals surface area contributed by atoms with Crippen LogP contribution < -0.4 is 0 Å². The van der Waals surface area contributed by atoms with Crippen LogP contribution in [0.2, 0.25) is 0 Å². The van der Waals surface area contributed by atoms with Crippen molar-refractivity contribution in [2.24, 2.45) is 0 Å². The van der Waals surface area contributed by atoms with Gasteiger partial charge in [-0.2, -0.15) is 0 Å². The normalized spacial score (nSPS) is 13.5. The third kappa shape index (κ3) is 3.96. The molecule has 11 aromatic rings. The van der Waals surface area contributed by atoms with Crippen LogP contribution >= 0.6 is 0 Å². The molecule has 3 heteroatoms. The van der Waals surface area contributed by atoms with Crippen LogP contribution in [0.15, 0.2) is 173 Å². The van der Waals surface area contributed by atoms with Crippen molar-refractivity contribution in [3.05, 3.63) is 175 Å². The summed E-state index contributed by atoms with van der Waals surface area (Å²) in [6, 6.07) is 59.2. The Bertz CT molecular complexity index is 3350. The Morgan fingerprint density at radius 1 is 0.407 bits per heavy atom. The number of benzene rings is 8. The standard InChI is InChI=1S/C51H33NO2/c1-51(2)42-26-25-39-37-12-5-8-17-47(37)54-50(39)48(42)40-24-20-32(29-43(40)51)31-21-27-45-41(28-31)35-10-3-6-15-44(35)52(45)33-22-18-30(19-23-33)34-13-9-14-38-36-11-4-7-16-46(36)53-49(34)38/h3-29H,1-2H3. The lowest BCUT2D eigenvalue weighted by atomic mass is 9.81. The molecule has 0 amide bonds. The molecule has 3 aromatic heterocycles. The van der Waals surface area contributed by atoms with Crippen LogP contribution in [-0.4, -0.2) is 4.57 Å². The van der Waals surface area contributed by atoms with Crippen LogP contribution in [0.1, 0.15) is 25.0 Å². The first-order chi connectivity index (χ1) is 26.5. The van der Waals surface area contributed by atoms with Crippen molar-refractivity contribution < 1.29 is 8.83 Å². The zero-order chi connectivity index (χ0) is 35.7. The van der Waals surface area contributed by atoms with Gasteiger partial charge >= 0.3 is 0 Å². The van der Waals surface area contributed by atoms with Crippen molar-refractivity contribution in [2.45, 2.75) is 19.3 Å². The minimum atomic E-state index is -0.157. The summed E-state index contributed by atoms with van der Waals surface area (Å²) in [5.74, 6) is 0. The number of para-hydroxylation sites is 4. The minimum absolute atomic E-state index is 0.157. The number of furan rings is 2. The van der Waals surface area contributed by atoms with Gasteiger partial charge in [-0.25, -0.2) is 0 Å². The summed E-state index contributed by atoms with van der Waals surface area (Å²) >= 11 is 0. The van der Waals surface area contributed by atoms with Gasteiger partial charge in [-0.05, 0) is 81.9 Å². The van der Waals surface area contributed by atoms with Crippen molar-refractivity contribution in [1.29, 1.82) is 0 Å². The van der Waals surface area contributed by atoms with Crippen molar-refractivity contribution in [3.63, 3.8) is 0 Å². The second-order valence-electron chi connectivity index (χ2n) is 15.3. The highest BCUT2D eigenvalue weighted by Gasteiger charge is 2.38. The molecular formula is C51H33NO2. The van der Waals surface area contributed by atoms with Crippen molar-refractivity contribution in [3.8, 4) is 39.1 Å². The lowest BCUT2D eigenvalue weighted by molar-refractivity contribution is 0.653. The molecule has 0 N–H and O–H groups in total. The predicted octanol–water partition coefficient (Wildman–Crippen LogP) is 14.2. The van der Waals surface area contributed by atoms with Gasteiger partial charge in [-0.15, -0.1) is 0 Å². The maximum Gasteiger partial charge on any atom is 0.143 e. The Morgan fingerprint density at radius 3 is 1.81 bits per heavy atom. The van der Waals surface area contributed by atoms with Gasteiger partial charge in [0.05, 0.1) is 11.0 Å². The van der Waals surface area contributed by atoms with E-state index in [0.29, 0.717) is 0 Å². The summed E-state index contributed by atoms with van der Waals surface area (Å²) in [5, 5.41) is 7.12. The molecule has 0 saturated carbocycles. The van der Waals surface area contributed by atoms with Gasteiger partial charge in [0.2, 0.25) is 0 Å². The summed E-state index contributed by atoms with van der Waals surface area (Å²) in [6.45, 7) is 4.68. The smallest absolute Gasteiger partial charge is 0.143 e. The van der Waals surface area contributed by atoms with Crippen LogP contribution in [0.3, 0.4) is 0 Å². The average molecular weight is 692 g/mol. The molecule has 0 unspecified atom stereocenters. The van der Waals surface area contributed by atoms with E-state index in [1.165, 1.54) is 66.0 Å². The van der Waals surface area contributed by atoms with Gasteiger partial charge in [0, 0.05) is 54.5 Å². The third-order valence-corrected chi connectivity index (χ3v) is 12.0. The molecule has 1 aliphatic rings. The van der Waals surface area contributed by atoms with Gasteiger partial charge in [0.15, 0.2) is 0 Å². The summed E-state index contributed by atoms with van der Waals surface area (Å²) in [7, 11) is 0. The van der Waals surface area contributed by atoms with Gasteiger partial charge in [-0.3, -0.25) is 0 Å². The van der Waals surface area contributed by atoms with Crippen molar-refractivity contribution in [1.82, 2.24) is 4.57 Å². The average Bonchev–Trinajstić information content (AvgIpc) is 3.94. The molecule has 12 rings (SSSR count). The van der Waals surface area contributed by atoms with Crippen LogP contribution in [0.25, 0.3) is 105 Å². The van der Waals surface area contributed by atoms with Gasteiger partial charge < -0.3 is 13.4 Å². The monoisotopic (exact) mass is 691 g/mol. The van der Waals surface area contributed by atoms with E-state index in [9.17, 15) is 0 Å². The van der Waals surface area contributed by atoms with E-state index >= 15 is 0 Å². The number of aromatic nitrogens is 1. The highest BCUT2D eigenvalue weighted by molar-refractivity contribution is 6.13. The van der Waals surface area contributed by atoms with Gasteiger partial charge in [0.1, 0.15) is 22.3 Å². The highest BCUT2D eigenvalue weighted by Crippen LogP contribution is 2.53. The molecule has 254 valence electrons. The van der Waals surface area contributed by atoms with E-state index in [-0.39, 0.29) is 5.41 Å². The molecule has 1 aliphatic carbocycles. The van der Waals surface area contributed by atoms with Crippen molar-refractivity contribution >= 4 is 65.7 Å². The maximum absolute atomic E-state index is 6.54. The fraction of sp³-hybridized carbons (Fsp3) is 0.0588. The number of rotatable bonds is 3. The molecule has 0 saturated heterocycles. The molecule has 3 nitrogen and oxygen atoms in total. The maximum atomic E-state index is 6.54. The second kappa shape index (κ2) is 10.6. The molecule has 8 aromatic carbocycles. The summed E-state index contributed by atoms with van der Waals surface area (Å²) in [5.41, 5.74) is 16.9. The first kappa shape index (κ1) is 29.7. The lowest BCUT2D eigenvalue weighted by Gasteiger charge is -2.22. The Hall–Kier alpha value is -6.84. The fourth-order valence-electron chi connectivity index (χ4n) is 9.38. The summed E-state index contributed by atoms with van der Waals surface area (Å²) in [4.78, 5) is 0. The minimum Gasteiger partial charge on any atom is -0.455 e. The number of fused-ring (bicyclic) bond motifs is 13. The fourth-order valence-corrected chi connectivity index (χ4v) is 9.38. The molecule has 0 spiro atoms. The number of nitrogens with zero attached hydrogens (tertiary/aromatic N) is 1. The van der Waals surface area contributed by atoms with E-state index in [1.54, 1.807) is 0 Å². The Morgan fingerprint density at radius 2 is 1.02 bits per heavy atom. The van der Waals surface area contributed by atoms with Crippen LogP contribution in [0, 0.1) is 0 Å². The first-order valence-corrected chi connectivity index (χ1v) is 18.7. The molecule has 3 heterocycles. The molecular weight excluding hydrogens is 659 g/mol. The van der Waals surface area contributed by atoms with E-state index in [1.807, 2.05) is 18.2 Å². The van der Waals surface area contributed by atoms with Gasteiger partial charge in [0.25, 0.3) is 0 Å².